The van der Waals surface area contributed by atoms with Gasteiger partial charge in [0.05, 0.1) is 14.2 Å². The lowest BCUT2D eigenvalue weighted by molar-refractivity contribution is -0.131. The Balaban J connectivity index is 1.28. The Bertz CT molecular complexity index is 2600. The minimum atomic E-state index is -0.808. The molecule has 0 unspecified atom stereocenters. The third kappa shape index (κ3) is 10.2. The molecule has 6 aromatic rings. The normalized spacial score (nSPS) is 11.2. The summed E-state index contributed by atoms with van der Waals surface area (Å²) in [5.74, 6) is -2.00. The molecule has 284 valence electrons. The predicted octanol–water partition coefficient (Wildman–Crippen LogP) is 7.85. The molecular formula is C45H32O12. The molecule has 1 heterocycles. The molecule has 0 atom stereocenters. The van der Waals surface area contributed by atoms with Gasteiger partial charge in [-0.2, -0.15) is 0 Å². The maximum absolute atomic E-state index is 13.2. The lowest BCUT2D eigenvalue weighted by Crippen LogP contribution is -2.09. The number of hydrogen-bond donors (Lipinski definition) is 1. The predicted molar refractivity (Wildman–Crippen MR) is 211 cm³/mol. The zero-order chi connectivity index (χ0) is 40.3. The molecule has 57 heavy (non-hydrogen) atoms. The second kappa shape index (κ2) is 17.9. The van der Waals surface area contributed by atoms with Crippen molar-refractivity contribution in [3.63, 3.8) is 0 Å². The van der Waals surface area contributed by atoms with E-state index in [0.717, 1.165) is 18.2 Å². The number of fused-ring (bicyclic) bond motifs is 1. The average molecular weight is 765 g/mol. The van der Waals surface area contributed by atoms with Gasteiger partial charge in [0.25, 0.3) is 0 Å². The van der Waals surface area contributed by atoms with Crippen LogP contribution in [0.2, 0.25) is 0 Å². The number of hydrogen-bond acceptors (Lipinski definition) is 12. The van der Waals surface area contributed by atoms with Crippen LogP contribution >= 0.6 is 0 Å². The number of rotatable bonds is 13. The van der Waals surface area contributed by atoms with Crippen molar-refractivity contribution in [3.05, 3.63) is 160 Å². The van der Waals surface area contributed by atoms with Crippen molar-refractivity contribution in [3.8, 4) is 45.8 Å². The van der Waals surface area contributed by atoms with Crippen molar-refractivity contribution in [1.29, 1.82) is 0 Å². The van der Waals surface area contributed by atoms with Gasteiger partial charge in [-0.15, -0.1) is 0 Å². The average Bonchev–Trinajstić information content (AvgIpc) is 3.22. The first-order chi connectivity index (χ1) is 27.6. The number of ether oxygens (including phenoxy) is 5. The number of carbonyl (C=O) groups excluding carboxylic acids is 4. The molecular weight excluding hydrogens is 732 g/mol. The van der Waals surface area contributed by atoms with Gasteiger partial charge < -0.3 is 33.2 Å². The fraction of sp³-hybridized carbons (Fsp3) is 0.0444. The Morgan fingerprint density at radius 3 is 1.58 bits per heavy atom. The van der Waals surface area contributed by atoms with Gasteiger partial charge >= 0.3 is 17.9 Å². The van der Waals surface area contributed by atoms with Gasteiger partial charge in [-0.1, -0.05) is 48.5 Å². The quantitative estimate of drug-likeness (QED) is 0.0525. The molecule has 1 N–H and O–H groups in total. The summed E-state index contributed by atoms with van der Waals surface area (Å²) in [4.78, 5) is 62.7. The summed E-state index contributed by atoms with van der Waals surface area (Å²) in [5.41, 5.74) is 1.99. The summed E-state index contributed by atoms with van der Waals surface area (Å²) in [6.45, 7) is 0. The van der Waals surface area contributed by atoms with Crippen LogP contribution < -0.4 is 29.1 Å². The Hall–Kier alpha value is -7.99. The third-order valence-electron chi connectivity index (χ3n) is 8.19. The van der Waals surface area contributed by atoms with Crippen molar-refractivity contribution < 1.29 is 52.4 Å². The summed E-state index contributed by atoms with van der Waals surface area (Å²) in [6, 6.07) is 28.1. The van der Waals surface area contributed by atoms with Crippen molar-refractivity contribution in [2.45, 2.75) is 0 Å². The van der Waals surface area contributed by atoms with Crippen LogP contribution in [0.4, 0.5) is 0 Å². The van der Waals surface area contributed by atoms with Crippen molar-refractivity contribution >= 4 is 53.4 Å². The molecule has 0 fully saturated rings. The lowest BCUT2D eigenvalue weighted by atomic mass is 10.1. The molecule has 0 saturated heterocycles. The highest BCUT2D eigenvalue weighted by Gasteiger charge is 2.18. The minimum absolute atomic E-state index is 0.0163. The minimum Gasteiger partial charge on any atom is -0.507 e. The van der Waals surface area contributed by atoms with Crippen LogP contribution in [-0.2, 0) is 14.4 Å². The van der Waals surface area contributed by atoms with Crippen LogP contribution in [0.1, 0.15) is 27.0 Å². The number of methoxy groups -OCH3 is 2. The Labute approximate surface area is 325 Å². The van der Waals surface area contributed by atoms with E-state index in [4.69, 9.17) is 28.1 Å². The standard InChI is InChI=1S/C45H32O12/c1-52-33-15-7-29(8-16-33)12-21-43(50)56-38-19-14-32(23-40(38)57-44(51)22-13-30-9-17-34(53-2)18-10-30)39-26-37(48)45-36(47)24-35(25-41(45)55-39)54-42(49)20-11-28-3-5-31(27-46)6-4-28/h3-27,47H,1-2H3. The van der Waals surface area contributed by atoms with Crippen molar-refractivity contribution in [1.82, 2.24) is 0 Å². The second-order valence-corrected chi connectivity index (χ2v) is 12.0. The summed E-state index contributed by atoms with van der Waals surface area (Å²) < 4.78 is 32.9. The van der Waals surface area contributed by atoms with Crippen LogP contribution in [-0.4, -0.2) is 43.5 Å². The molecule has 0 saturated carbocycles. The van der Waals surface area contributed by atoms with E-state index < -0.39 is 29.1 Å². The van der Waals surface area contributed by atoms with E-state index in [1.165, 1.54) is 61.8 Å². The molecule has 12 nitrogen and oxygen atoms in total. The molecule has 5 aromatic carbocycles. The molecule has 0 amide bonds. The van der Waals surface area contributed by atoms with Crippen LogP contribution in [0.5, 0.6) is 34.5 Å². The van der Waals surface area contributed by atoms with Gasteiger partial charge in [-0.3, -0.25) is 9.59 Å². The summed E-state index contributed by atoms with van der Waals surface area (Å²) in [7, 11) is 3.08. The maximum atomic E-state index is 13.2. The number of phenols is 1. The maximum Gasteiger partial charge on any atom is 0.336 e. The van der Waals surface area contributed by atoms with E-state index in [1.807, 2.05) is 0 Å². The van der Waals surface area contributed by atoms with Gasteiger partial charge in [-0.05, 0) is 77.4 Å². The summed E-state index contributed by atoms with van der Waals surface area (Å²) in [5, 5.41) is 10.5. The molecule has 0 aliphatic heterocycles. The van der Waals surface area contributed by atoms with Gasteiger partial charge in [0.15, 0.2) is 16.9 Å². The number of aromatic hydroxyl groups is 1. The van der Waals surface area contributed by atoms with Crippen LogP contribution in [0, 0.1) is 0 Å². The SMILES string of the molecule is COc1ccc(C=CC(=O)Oc2ccc(-c3cc(=O)c4c(O)cc(OC(=O)C=Cc5ccc(C=O)cc5)cc4o3)cc2OC(=O)C=Cc2ccc(OC)cc2)cc1. The van der Waals surface area contributed by atoms with E-state index in [0.29, 0.717) is 40.0 Å². The van der Waals surface area contributed by atoms with Crippen LogP contribution in [0.3, 0.4) is 0 Å². The molecule has 0 bridgehead atoms. The van der Waals surface area contributed by atoms with Gasteiger partial charge in [-0.25, -0.2) is 14.4 Å². The van der Waals surface area contributed by atoms with Gasteiger partial charge in [0, 0.05) is 47.6 Å². The van der Waals surface area contributed by atoms with Gasteiger partial charge in [0.2, 0.25) is 0 Å². The number of benzene rings is 5. The Kier molecular flexibility index (Phi) is 12.2. The number of carbonyl (C=O) groups is 4. The first kappa shape index (κ1) is 38.7. The zero-order valence-corrected chi connectivity index (χ0v) is 30.4. The third-order valence-corrected chi connectivity index (χ3v) is 8.19. The Morgan fingerprint density at radius 2 is 1.05 bits per heavy atom. The van der Waals surface area contributed by atoms with Crippen molar-refractivity contribution in [2.24, 2.45) is 0 Å². The lowest BCUT2D eigenvalue weighted by Gasteiger charge is -2.11. The molecule has 0 aliphatic carbocycles. The highest BCUT2D eigenvalue weighted by Crippen LogP contribution is 2.36. The molecule has 0 aliphatic rings. The van der Waals surface area contributed by atoms with E-state index >= 15 is 0 Å². The molecule has 0 radical (unpaired) electrons. The summed E-state index contributed by atoms with van der Waals surface area (Å²) >= 11 is 0. The fourth-order valence-corrected chi connectivity index (χ4v) is 5.31. The first-order valence-corrected chi connectivity index (χ1v) is 17.1. The zero-order valence-electron chi connectivity index (χ0n) is 30.4. The highest BCUT2D eigenvalue weighted by atomic mass is 16.6. The molecule has 0 spiro atoms. The largest absolute Gasteiger partial charge is 0.507 e. The monoisotopic (exact) mass is 764 g/mol. The molecule has 12 heteroatoms. The topological polar surface area (TPSA) is 165 Å². The van der Waals surface area contributed by atoms with E-state index in [-0.39, 0.29) is 39.5 Å². The number of aldehydes is 1. The molecule has 6 rings (SSSR count). The highest BCUT2D eigenvalue weighted by molar-refractivity contribution is 5.93. The van der Waals surface area contributed by atoms with E-state index in [9.17, 15) is 29.1 Å². The molecule has 1 aromatic heterocycles. The van der Waals surface area contributed by atoms with E-state index in [2.05, 4.69) is 0 Å². The number of phenolic OH excluding ortho intramolecular Hbond substituents is 1. The van der Waals surface area contributed by atoms with Crippen LogP contribution in [0.25, 0.3) is 40.5 Å². The summed E-state index contributed by atoms with van der Waals surface area (Å²) in [6.07, 6.45) is 8.78. The number of esters is 3. The van der Waals surface area contributed by atoms with Gasteiger partial charge in [0.1, 0.15) is 46.0 Å². The Morgan fingerprint density at radius 1 is 0.561 bits per heavy atom. The second-order valence-electron chi connectivity index (χ2n) is 12.0. The van der Waals surface area contributed by atoms with Crippen LogP contribution in [0.15, 0.2) is 137 Å². The van der Waals surface area contributed by atoms with E-state index in [1.54, 1.807) is 79.9 Å². The first-order valence-electron chi connectivity index (χ1n) is 17.1. The smallest absolute Gasteiger partial charge is 0.336 e. The van der Waals surface area contributed by atoms with Crippen molar-refractivity contribution in [2.75, 3.05) is 14.2 Å². The fourth-order valence-electron chi connectivity index (χ4n) is 5.31.